The Kier molecular flexibility index (Phi) is 17.7. The molecule has 3 heterocycles. The van der Waals surface area contributed by atoms with Gasteiger partial charge >= 0.3 is 21.1 Å². The smallest absolute Gasteiger partial charge is 1.00 e. The maximum absolute atomic E-state index is 4.18. The van der Waals surface area contributed by atoms with E-state index in [1.807, 2.05) is 50.2 Å². The van der Waals surface area contributed by atoms with Gasteiger partial charge in [0.1, 0.15) is 0 Å². The van der Waals surface area contributed by atoms with Crippen molar-refractivity contribution in [3.05, 3.63) is 65.5 Å². The molecule has 124 valence electrons. The van der Waals surface area contributed by atoms with Crippen molar-refractivity contribution < 1.29 is 33.5 Å². The fraction of sp³-hybridized carbons (Fsp3) is 0.412. The molecule has 22 heavy (non-hydrogen) atoms. The van der Waals surface area contributed by atoms with Crippen molar-refractivity contribution in [3.63, 3.8) is 0 Å². The summed E-state index contributed by atoms with van der Waals surface area (Å²) < 4.78 is 0. The molecule has 0 amide bonds. The summed E-state index contributed by atoms with van der Waals surface area (Å²) in [5.74, 6) is 0. The first-order valence-electron chi connectivity index (χ1n) is 7.17. The van der Waals surface area contributed by atoms with E-state index < -0.39 is 0 Å². The Morgan fingerprint density at radius 2 is 1.23 bits per heavy atom. The average Bonchev–Trinajstić information content (AvgIpc) is 2.52. The van der Waals surface area contributed by atoms with Crippen LogP contribution in [0.25, 0.3) is 5.32 Å². The zero-order valence-corrected chi connectivity index (χ0v) is 16.2. The van der Waals surface area contributed by atoms with Crippen LogP contribution in [-0.4, -0.2) is 23.1 Å². The third-order valence-electron chi connectivity index (χ3n) is 2.76. The van der Waals surface area contributed by atoms with Crippen LogP contribution in [0.15, 0.2) is 48.8 Å². The van der Waals surface area contributed by atoms with Crippen LogP contribution in [0.5, 0.6) is 0 Å². The molecule has 0 spiro atoms. The predicted octanol–water partition coefficient (Wildman–Crippen LogP) is 1.33. The molecule has 0 saturated carbocycles. The van der Waals surface area contributed by atoms with Gasteiger partial charge in [-0.15, -0.1) is 13.1 Å². The van der Waals surface area contributed by atoms with E-state index in [2.05, 4.69) is 15.3 Å². The number of nitrogens with zero attached hydrogens (tertiary/aromatic N) is 3. The number of aryl methyl sites for hydroxylation is 2. The van der Waals surface area contributed by atoms with Gasteiger partial charge in [0.15, 0.2) is 0 Å². The van der Waals surface area contributed by atoms with E-state index in [0.29, 0.717) is 0 Å². The minimum absolute atomic E-state index is 0. The van der Waals surface area contributed by atoms with E-state index in [1.165, 1.54) is 19.3 Å². The molecule has 1 aliphatic heterocycles. The van der Waals surface area contributed by atoms with Gasteiger partial charge in [-0.05, 0) is 38.1 Å². The normalized spacial score (nSPS) is 12.1. The topological polar surface area (TPSA) is 39.9 Å². The second kappa shape index (κ2) is 16.6. The van der Waals surface area contributed by atoms with Crippen molar-refractivity contribution in [1.29, 1.82) is 0 Å². The van der Waals surface area contributed by atoms with Crippen molar-refractivity contribution in [2.24, 2.45) is 0 Å². The van der Waals surface area contributed by atoms with Gasteiger partial charge in [-0.2, -0.15) is 0 Å². The first-order chi connectivity index (χ1) is 9.79. The summed E-state index contributed by atoms with van der Waals surface area (Å²) >= 11 is 0. The van der Waals surface area contributed by atoms with Gasteiger partial charge in [-0.1, -0.05) is 31.4 Å². The quantitative estimate of drug-likeness (QED) is 0.547. The molecule has 0 bridgehead atoms. The van der Waals surface area contributed by atoms with E-state index in [-0.39, 0.29) is 33.5 Å². The summed E-state index contributed by atoms with van der Waals surface area (Å²) in [7, 11) is 0. The summed E-state index contributed by atoms with van der Waals surface area (Å²) in [6, 6.07) is 11.7. The minimum atomic E-state index is 0. The molecule has 1 fully saturated rings. The number of piperidine rings is 1. The standard InChI is InChI=1S/2C6H7N.C5H10N.ClH.Pt/c2*1-6-4-2-3-5-7-6;1-2-4-6-5-3-1;;/h2*2-5H,1H3;1-5H2;1H;/q;;-1;;+2/p-1. The zero-order chi connectivity index (χ0) is 14.5. The second-order valence-electron chi connectivity index (χ2n) is 4.67. The van der Waals surface area contributed by atoms with Crippen molar-refractivity contribution in [2.45, 2.75) is 33.1 Å². The molecule has 3 nitrogen and oxygen atoms in total. The van der Waals surface area contributed by atoms with Crippen LogP contribution in [0, 0.1) is 13.8 Å². The van der Waals surface area contributed by atoms with Crippen LogP contribution in [0.1, 0.15) is 30.7 Å². The van der Waals surface area contributed by atoms with E-state index in [4.69, 9.17) is 0 Å². The number of rotatable bonds is 0. The fourth-order valence-corrected chi connectivity index (χ4v) is 1.63. The minimum Gasteiger partial charge on any atom is -1.00 e. The van der Waals surface area contributed by atoms with E-state index in [0.717, 1.165) is 24.5 Å². The van der Waals surface area contributed by atoms with Crippen LogP contribution in [-0.2, 0) is 21.1 Å². The summed E-state index contributed by atoms with van der Waals surface area (Å²) in [5.41, 5.74) is 2.14. The van der Waals surface area contributed by atoms with Crippen LogP contribution in [0.4, 0.5) is 0 Å². The maximum Gasteiger partial charge on any atom is 2.00 e. The van der Waals surface area contributed by atoms with E-state index in [9.17, 15) is 0 Å². The Bertz CT molecular complexity index is 387. The summed E-state index contributed by atoms with van der Waals surface area (Å²) in [5, 5.41) is 4.18. The molecule has 1 saturated heterocycles. The molecular formula is C17H24ClN3Pt. The summed E-state index contributed by atoms with van der Waals surface area (Å²) in [6.45, 7) is 6.19. The van der Waals surface area contributed by atoms with E-state index >= 15 is 0 Å². The molecule has 3 rings (SSSR count). The molecule has 0 aliphatic carbocycles. The Morgan fingerprint density at radius 3 is 1.36 bits per heavy atom. The van der Waals surface area contributed by atoms with Crippen molar-refractivity contribution in [1.82, 2.24) is 9.97 Å². The van der Waals surface area contributed by atoms with Gasteiger partial charge in [0.05, 0.1) is 0 Å². The van der Waals surface area contributed by atoms with Crippen molar-refractivity contribution in [3.8, 4) is 0 Å². The van der Waals surface area contributed by atoms with Gasteiger partial charge in [0, 0.05) is 23.8 Å². The number of halogens is 1. The zero-order valence-electron chi connectivity index (χ0n) is 13.2. The summed E-state index contributed by atoms with van der Waals surface area (Å²) in [6.07, 6.45) is 7.65. The SMILES string of the molecule is C1CC[N-]CC1.Cc1ccccn1.Cc1ccccn1.[Cl-].[Pt+2]. The van der Waals surface area contributed by atoms with Crippen LogP contribution in [0.2, 0.25) is 0 Å². The first-order valence-corrected chi connectivity index (χ1v) is 7.17. The van der Waals surface area contributed by atoms with Crippen molar-refractivity contribution in [2.75, 3.05) is 13.1 Å². The van der Waals surface area contributed by atoms with Gasteiger partial charge in [0.25, 0.3) is 0 Å². The number of pyridine rings is 2. The third kappa shape index (κ3) is 14.2. The maximum atomic E-state index is 4.18. The number of hydrogen-bond donors (Lipinski definition) is 0. The predicted molar refractivity (Wildman–Crippen MR) is 84.9 cm³/mol. The summed E-state index contributed by atoms with van der Waals surface area (Å²) in [4.78, 5) is 7.96. The third-order valence-corrected chi connectivity index (χ3v) is 2.76. The average molecular weight is 501 g/mol. The van der Waals surface area contributed by atoms with Gasteiger partial charge in [-0.25, -0.2) is 0 Å². The van der Waals surface area contributed by atoms with Crippen LogP contribution >= 0.6 is 0 Å². The van der Waals surface area contributed by atoms with Gasteiger partial charge in [0.2, 0.25) is 0 Å². The molecule has 5 heteroatoms. The second-order valence-corrected chi connectivity index (χ2v) is 4.67. The Balaban J connectivity index is 0. The van der Waals surface area contributed by atoms with Gasteiger partial charge < -0.3 is 17.7 Å². The molecule has 0 aromatic carbocycles. The van der Waals surface area contributed by atoms with Gasteiger partial charge in [-0.3, -0.25) is 9.97 Å². The van der Waals surface area contributed by atoms with Crippen LogP contribution in [0.3, 0.4) is 0 Å². The fourth-order valence-electron chi connectivity index (χ4n) is 1.63. The monoisotopic (exact) mass is 500 g/mol. The molecular weight excluding hydrogens is 477 g/mol. The molecule has 0 atom stereocenters. The Morgan fingerprint density at radius 1 is 0.773 bits per heavy atom. The van der Waals surface area contributed by atoms with Crippen molar-refractivity contribution >= 4 is 0 Å². The van der Waals surface area contributed by atoms with Crippen LogP contribution < -0.4 is 12.4 Å². The first kappa shape index (κ1) is 23.5. The largest absolute Gasteiger partial charge is 2.00 e. The number of aromatic nitrogens is 2. The molecule has 1 aliphatic rings. The Labute approximate surface area is 155 Å². The molecule has 2 aromatic rings. The molecule has 2 aromatic heterocycles. The molecule has 0 N–H and O–H groups in total. The molecule has 0 radical (unpaired) electrons. The molecule has 0 unspecified atom stereocenters. The Hall–Kier alpha value is -0.762. The number of hydrogen-bond acceptors (Lipinski definition) is 2. The van der Waals surface area contributed by atoms with E-state index in [1.54, 1.807) is 12.4 Å².